The third-order valence-electron chi connectivity index (χ3n) is 4.88. The minimum Gasteiger partial charge on any atom is -0.307 e. The second-order valence-electron chi connectivity index (χ2n) is 6.57. The standard InChI is InChI=1S/C21H26FNO/c1-5-20(24)21(15-16(2)23(3)4,17-9-7-6-8-10-17)18-11-13-19(22)14-12-18/h6-14,16H,5,15H2,1-4H3/i22-1. The molecule has 2 atom stereocenters. The summed E-state index contributed by atoms with van der Waals surface area (Å²) in [7, 11) is 4.03. The number of halogens is 1. The van der Waals surface area contributed by atoms with Gasteiger partial charge in [0.1, 0.15) is 11.6 Å². The van der Waals surface area contributed by atoms with Crippen LogP contribution in [-0.4, -0.2) is 30.8 Å². The van der Waals surface area contributed by atoms with Crippen molar-refractivity contribution in [2.45, 2.75) is 38.1 Å². The zero-order chi connectivity index (χ0) is 17.7. The van der Waals surface area contributed by atoms with Gasteiger partial charge >= 0.3 is 0 Å². The molecule has 0 N–H and O–H groups in total. The third kappa shape index (κ3) is 3.57. The summed E-state index contributed by atoms with van der Waals surface area (Å²) in [6, 6.07) is 16.4. The Bertz CT molecular complexity index is 666. The van der Waals surface area contributed by atoms with E-state index in [9.17, 15) is 9.18 Å². The molecule has 0 bridgehead atoms. The van der Waals surface area contributed by atoms with Crippen LogP contribution in [0.4, 0.5) is 4.39 Å². The van der Waals surface area contributed by atoms with Gasteiger partial charge in [0.2, 0.25) is 0 Å². The molecule has 24 heavy (non-hydrogen) atoms. The lowest BCUT2D eigenvalue weighted by Gasteiger charge is -2.37. The maximum absolute atomic E-state index is 13.5. The molecule has 0 saturated carbocycles. The molecule has 2 unspecified atom stereocenters. The molecule has 0 saturated heterocycles. The number of ketones is 1. The molecule has 3 heteroatoms. The smallest absolute Gasteiger partial charge is 0.147 e. The van der Waals surface area contributed by atoms with Gasteiger partial charge in [-0.15, -0.1) is 0 Å². The fourth-order valence-electron chi connectivity index (χ4n) is 3.22. The molecular weight excluding hydrogens is 300 g/mol. The molecule has 2 rings (SSSR count). The number of benzene rings is 2. The first-order valence-electron chi connectivity index (χ1n) is 8.43. The molecular formula is C21H26FNO. The maximum atomic E-state index is 13.5. The lowest BCUT2D eigenvalue weighted by atomic mass is 9.67. The van der Waals surface area contributed by atoms with Crippen molar-refractivity contribution >= 4 is 5.78 Å². The zero-order valence-corrected chi connectivity index (χ0v) is 14.9. The second-order valence-corrected chi connectivity index (χ2v) is 6.57. The molecule has 0 spiro atoms. The highest BCUT2D eigenvalue weighted by molar-refractivity contribution is 5.93. The topological polar surface area (TPSA) is 20.3 Å². The molecule has 2 aromatic rings. The molecule has 0 aliphatic carbocycles. The van der Waals surface area contributed by atoms with E-state index in [4.69, 9.17) is 0 Å². The van der Waals surface area contributed by atoms with Gasteiger partial charge in [-0.2, -0.15) is 0 Å². The molecule has 128 valence electrons. The summed E-state index contributed by atoms with van der Waals surface area (Å²) in [5, 5.41) is 0. The van der Waals surface area contributed by atoms with Crippen molar-refractivity contribution in [3.8, 4) is 0 Å². The Hall–Kier alpha value is -2.00. The third-order valence-corrected chi connectivity index (χ3v) is 4.88. The number of carbonyl (C=O) groups is 1. The fourth-order valence-corrected chi connectivity index (χ4v) is 3.22. The quantitative estimate of drug-likeness (QED) is 0.750. The largest absolute Gasteiger partial charge is 0.307 e. The summed E-state index contributed by atoms with van der Waals surface area (Å²) in [5.41, 5.74) is 1.07. The predicted molar refractivity (Wildman–Crippen MR) is 96.7 cm³/mol. The summed E-state index contributed by atoms with van der Waals surface area (Å²) in [6.07, 6.45) is 1.09. The second kappa shape index (κ2) is 7.71. The zero-order valence-electron chi connectivity index (χ0n) is 14.9. The van der Waals surface area contributed by atoms with Gasteiger partial charge in [-0.3, -0.25) is 4.79 Å². The number of hydrogen-bond acceptors (Lipinski definition) is 2. The normalized spacial score (nSPS) is 15.1. The molecule has 0 fully saturated rings. The van der Waals surface area contributed by atoms with Gasteiger partial charge in [-0.05, 0) is 50.7 Å². The Kier molecular flexibility index (Phi) is 5.89. The average Bonchev–Trinajstić information content (AvgIpc) is 2.60. The van der Waals surface area contributed by atoms with E-state index >= 15 is 0 Å². The summed E-state index contributed by atoms with van der Waals surface area (Å²) in [6.45, 7) is 4.01. The number of Topliss-reactive ketones (excluding diaryl/α,β-unsaturated/α-hetero) is 1. The van der Waals surface area contributed by atoms with E-state index in [1.165, 1.54) is 12.1 Å². The summed E-state index contributed by atoms with van der Waals surface area (Å²) < 4.78 is 13.5. The number of carbonyl (C=O) groups excluding carboxylic acids is 1. The van der Waals surface area contributed by atoms with Crippen molar-refractivity contribution < 1.29 is 9.18 Å². The fraction of sp³-hybridized carbons (Fsp3) is 0.381. The van der Waals surface area contributed by atoms with Crippen molar-refractivity contribution in [2.24, 2.45) is 0 Å². The summed E-state index contributed by atoms with van der Waals surface area (Å²) >= 11 is 0. The molecule has 0 aliphatic rings. The van der Waals surface area contributed by atoms with Gasteiger partial charge in [0.15, 0.2) is 0 Å². The molecule has 2 aromatic carbocycles. The molecule has 0 radical (unpaired) electrons. The van der Waals surface area contributed by atoms with Crippen LogP contribution < -0.4 is 0 Å². The molecule has 0 amide bonds. The highest BCUT2D eigenvalue weighted by Crippen LogP contribution is 2.39. The van der Waals surface area contributed by atoms with Crippen molar-refractivity contribution in [3.63, 3.8) is 0 Å². The molecule has 0 aromatic heterocycles. The van der Waals surface area contributed by atoms with Crippen LogP contribution in [0.1, 0.15) is 37.8 Å². The Morgan fingerprint density at radius 2 is 1.58 bits per heavy atom. The summed E-state index contributed by atoms with van der Waals surface area (Å²) in [5.74, 6) is -0.126. The van der Waals surface area contributed by atoms with Crippen LogP contribution in [0.25, 0.3) is 0 Å². The van der Waals surface area contributed by atoms with Gasteiger partial charge in [-0.1, -0.05) is 49.4 Å². The number of rotatable bonds is 7. The van der Waals surface area contributed by atoms with Crippen LogP contribution in [-0.2, 0) is 10.2 Å². The van der Waals surface area contributed by atoms with E-state index in [0.29, 0.717) is 12.8 Å². The van der Waals surface area contributed by atoms with Crippen LogP contribution in [0.3, 0.4) is 0 Å². The molecule has 0 heterocycles. The van der Waals surface area contributed by atoms with Crippen LogP contribution >= 0.6 is 0 Å². The lowest BCUT2D eigenvalue weighted by Crippen LogP contribution is -2.43. The van der Waals surface area contributed by atoms with Crippen LogP contribution in [0.5, 0.6) is 0 Å². The minimum atomic E-state index is -0.757. The van der Waals surface area contributed by atoms with Crippen LogP contribution in [0.2, 0.25) is 0 Å². The minimum absolute atomic E-state index is 0.161. The van der Waals surface area contributed by atoms with Gasteiger partial charge in [0, 0.05) is 12.5 Å². The highest BCUT2D eigenvalue weighted by Gasteiger charge is 2.41. The number of hydrogen-bond donors (Lipinski definition) is 0. The molecule has 2 nitrogen and oxygen atoms in total. The van der Waals surface area contributed by atoms with E-state index in [2.05, 4.69) is 11.8 Å². The highest BCUT2D eigenvalue weighted by atomic mass is 18.2. The van der Waals surface area contributed by atoms with Gasteiger partial charge in [0.25, 0.3) is 0 Å². The van der Waals surface area contributed by atoms with E-state index in [-0.39, 0.29) is 17.6 Å². The summed E-state index contributed by atoms with van der Waals surface area (Å²) in [4.78, 5) is 15.3. The van der Waals surface area contributed by atoms with E-state index in [1.54, 1.807) is 12.1 Å². The van der Waals surface area contributed by atoms with Gasteiger partial charge in [0.05, 0.1) is 5.41 Å². The Labute approximate surface area is 144 Å². The van der Waals surface area contributed by atoms with Crippen molar-refractivity contribution in [1.82, 2.24) is 4.90 Å². The van der Waals surface area contributed by atoms with Gasteiger partial charge in [-0.25, -0.2) is 4.39 Å². The predicted octanol–water partition coefficient (Wildman–Crippen LogP) is 4.43. The molecule has 0 aliphatic heterocycles. The first kappa shape index (κ1) is 18.3. The average molecular weight is 326 g/mol. The first-order valence-corrected chi connectivity index (χ1v) is 8.43. The Morgan fingerprint density at radius 3 is 2.08 bits per heavy atom. The lowest BCUT2D eigenvalue weighted by molar-refractivity contribution is -0.123. The van der Waals surface area contributed by atoms with Crippen LogP contribution in [0.15, 0.2) is 54.6 Å². The Balaban J connectivity index is 2.68. The van der Waals surface area contributed by atoms with Crippen molar-refractivity contribution in [2.75, 3.05) is 14.1 Å². The van der Waals surface area contributed by atoms with E-state index in [1.807, 2.05) is 51.4 Å². The van der Waals surface area contributed by atoms with Gasteiger partial charge < -0.3 is 4.90 Å². The number of nitrogens with zero attached hydrogens (tertiary/aromatic N) is 1. The van der Waals surface area contributed by atoms with E-state index in [0.717, 1.165) is 11.1 Å². The van der Waals surface area contributed by atoms with E-state index < -0.39 is 5.41 Å². The first-order chi connectivity index (χ1) is 11.4. The van der Waals surface area contributed by atoms with Crippen molar-refractivity contribution in [3.05, 3.63) is 71.5 Å². The maximum Gasteiger partial charge on any atom is 0.147 e. The monoisotopic (exact) mass is 326 g/mol. The Morgan fingerprint density at radius 1 is 1.04 bits per heavy atom. The SMILES string of the molecule is CCC(=O)C(CC(C)N(C)C)(c1ccccc1)c1ccc([18F])cc1. The van der Waals surface area contributed by atoms with Crippen LogP contribution in [0, 0.1) is 5.82 Å². The van der Waals surface area contributed by atoms with Crippen molar-refractivity contribution in [1.29, 1.82) is 0 Å².